The van der Waals surface area contributed by atoms with E-state index in [9.17, 15) is 28.8 Å². The summed E-state index contributed by atoms with van der Waals surface area (Å²) in [5.74, 6) is -2.04. The summed E-state index contributed by atoms with van der Waals surface area (Å²) in [6, 6.07) is 0. The maximum absolute atomic E-state index is 12.0. The molecule has 326 valence electrons. The first-order chi connectivity index (χ1) is 27.3. The second-order valence-electron chi connectivity index (χ2n) is 14.6. The van der Waals surface area contributed by atoms with Gasteiger partial charge in [0.15, 0.2) is 0 Å². The summed E-state index contributed by atoms with van der Waals surface area (Å²) in [6.07, 6.45) is 24.1. The van der Waals surface area contributed by atoms with Gasteiger partial charge in [-0.1, -0.05) is 90.9 Å². The molecule has 0 aromatic carbocycles. The number of esters is 6. The summed E-state index contributed by atoms with van der Waals surface area (Å²) in [4.78, 5) is 71.2. The molecule has 0 unspecified atom stereocenters. The molecule has 0 aliphatic carbocycles. The van der Waals surface area contributed by atoms with E-state index in [1.165, 1.54) is 51.4 Å². The van der Waals surface area contributed by atoms with E-state index in [1.54, 1.807) is 0 Å². The third-order valence-electron chi connectivity index (χ3n) is 9.23. The van der Waals surface area contributed by atoms with Gasteiger partial charge < -0.3 is 28.4 Å². The summed E-state index contributed by atoms with van der Waals surface area (Å²) < 4.78 is 31.3. The van der Waals surface area contributed by atoms with E-state index in [2.05, 4.69) is 13.8 Å². The van der Waals surface area contributed by atoms with E-state index in [-0.39, 0.29) is 62.8 Å². The Bertz CT molecular complexity index is 921. The maximum atomic E-state index is 12.0. The smallest absolute Gasteiger partial charge is 0.306 e. The van der Waals surface area contributed by atoms with Gasteiger partial charge in [0.1, 0.15) is 0 Å². The highest BCUT2D eigenvalue weighted by Gasteiger charge is 2.11. The molecular formula is C44H78O12. The van der Waals surface area contributed by atoms with E-state index in [1.807, 2.05) is 0 Å². The number of hydrogen-bond acceptors (Lipinski definition) is 12. The molecule has 0 radical (unpaired) electrons. The molecule has 0 bridgehead atoms. The van der Waals surface area contributed by atoms with Gasteiger partial charge in [-0.25, -0.2) is 0 Å². The van der Waals surface area contributed by atoms with Crippen LogP contribution in [-0.4, -0.2) is 75.5 Å². The van der Waals surface area contributed by atoms with E-state index < -0.39 is 11.9 Å². The zero-order valence-electron chi connectivity index (χ0n) is 35.4. The van der Waals surface area contributed by atoms with Crippen molar-refractivity contribution in [2.45, 2.75) is 206 Å². The second kappa shape index (κ2) is 41.5. The van der Waals surface area contributed by atoms with Crippen molar-refractivity contribution in [2.24, 2.45) is 0 Å². The van der Waals surface area contributed by atoms with Crippen LogP contribution < -0.4 is 0 Å². The predicted octanol–water partition coefficient (Wildman–Crippen LogP) is 9.99. The maximum Gasteiger partial charge on any atom is 0.306 e. The molecule has 0 aliphatic heterocycles. The van der Waals surface area contributed by atoms with Crippen LogP contribution in [0.1, 0.15) is 206 Å². The van der Waals surface area contributed by atoms with Crippen LogP contribution in [0.3, 0.4) is 0 Å². The van der Waals surface area contributed by atoms with Crippen LogP contribution >= 0.6 is 0 Å². The topological polar surface area (TPSA) is 158 Å². The Labute approximate surface area is 338 Å². The largest absolute Gasteiger partial charge is 0.466 e. The fourth-order valence-corrected chi connectivity index (χ4v) is 5.73. The lowest BCUT2D eigenvalue weighted by Gasteiger charge is -2.07. The van der Waals surface area contributed by atoms with E-state index in [0.717, 1.165) is 77.0 Å². The third-order valence-corrected chi connectivity index (χ3v) is 9.23. The van der Waals surface area contributed by atoms with Crippen molar-refractivity contribution in [2.75, 3.05) is 39.6 Å². The summed E-state index contributed by atoms with van der Waals surface area (Å²) in [7, 11) is 0. The van der Waals surface area contributed by atoms with Crippen LogP contribution in [0, 0.1) is 0 Å². The minimum atomic E-state index is -0.414. The molecule has 0 aromatic rings. The van der Waals surface area contributed by atoms with Gasteiger partial charge in [-0.15, -0.1) is 0 Å². The number of rotatable bonds is 41. The minimum Gasteiger partial charge on any atom is -0.466 e. The van der Waals surface area contributed by atoms with Crippen molar-refractivity contribution in [1.29, 1.82) is 0 Å². The van der Waals surface area contributed by atoms with Crippen molar-refractivity contribution in [3.8, 4) is 0 Å². The molecule has 0 saturated heterocycles. The summed E-state index contributed by atoms with van der Waals surface area (Å²) >= 11 is 0. The molecule has 0 aromatic heterocycles. The van der Waals surface area contributed by atoms with Crippen LogP contribution in [-0.2, 0) is 57.2 Å². The Morgan fingerprint density at radius 1 is 0.232 bits per heavy atom. The second-order valence-corrected chi connectivity index (χ2v) is 14.6. The lowest BCUT2D eigenvalue weighted by atomic mass is 10.1. The van der Waals surface area contributed by atoms with Crippen LogP contribution in [0.5, 0.6) is 0 Å². The molecule has 0 N–H and O–H groups in total. The fraction of sp³-hybridized carbons (Fsp3) is 0.864. The molecule has 56 heavy (non-hydrogen) atoms. The van der Waals surface area contributed by atoms with Crippen molar-refractivity contribution < 1.29 is 57.2 Å². The van der Waals surface area contributed by atoms with Crippen molar-refractivity contribution >= 4 is 35.8 Å². The number of unbranched alkanes of at least 4 members (excludes halogenated alkanes) is 19. The van der Waals surface area contributed by atoms with E-state index >= 15 is 0 Å². The quantitative estimate of drug-likeness (QED) is 0.0328. The van der Waals surface area contributed by atoms with Crippen LogP contribution in [0.25, 0.3) is 0 Å². The molecular weight excluding hydrogens is 720 g/mol. The van der Waals surface area contributed by atoms with Crippen molar-refractivity contribution in [1.82, 2.24) is 0 Å². The number of hydrogen-bond donors (Lipinski definition) is 0. The van der Waals surface area contributed by atoms with Crippen molar-refractivity contribution in [3.63, 3.8) is 0 Å². The first-order valence-corrected chi connectivity index (χ1v) is 22.2. The average molecular weight is 799 g/mol. The SMILES string of the molecule is CCCCCCCCCOC(=O)CCC(=O)OCCCCCC(=O)OCCCCCCOC(=O)CCCCCOC(=O)CCC(=O)OCCCCCCCCC. The summed E-state index contributed by atoms with van der Waals surface area (Å²) in [5.41, 5.74) is 0. The fourth-order valence-electron chi connectivity index (χ4n) is 5.73. The van der Waals surface area contributed by atoms with Gasteiger partial charge in [0, 0.05) is 12.8 Å². The molecule has 12 heteroatoms. The van der Waals surface area contributed by atoms with Gasteiger partial charge in [0.25, 0.3) is 0 Å². The molecule has 12 nitrogen and oxygen atoms in total. The highest BCUT2D eigenvalue weighted by molar-refractivity contribution is 5.78. The standard InChI is InChI=1S/C44H78O12/c1-3-5-7-9-11-13-21-35-53-41(47)29-31-43(49)55-37-25-17-19-27-39(45)51-33-23-15-16-24-34-52-40(46)28-20-18-26-38-56-44(50)32-30-42(48)54-36-22-14-12-10-8-6-4-2/h3-38H2,1-2H3. The van der Waals surface area contributed by atoms with E-state index in [4.69, 9.17) is 28.4 Å². The van der Waals surface area contributed by atoms with E-state index in [0.29, 0.717) is 65.0 Å². The number of carbonyl (C=O) groups is 6. The van der Waals surface area contributed by atoms with Crippen LogP contribution in [0.2, 0.25) is 0 Å². The zero-order chi connectivity index (χ0) is 41.2. The number of carbonyl (C=O) groups excluding carboxylic acids is 6. The lowest BCUT2D eigenvalue weighted by molar-refractivity contribution is -0.150. The molecule has 0 saturated carbocycles. The van der Waals surface area contributed by atoms with Crippen LogP contribution in [0.4, 0.5) is 0 Å². The van der Waals surface area contributed by atoms with Gasteiger partial charge in [-0.2, -0.15) is 0 Å². The Balaban J connectivity index is 3.48. The first-order valence-electron chi connectivity index (χ1n) is 22.2. The van der Waals surface area contributed by atoms with Gasteiger partial charge in [0.05, 0.1) is 65.3 Å². The van der Waals surface area contributed by atoms with Gasteiger partial charge >= 0.3 is 35.8 Å². The Hall–Kier alpha value is -3.18. The molecule has 0 heterocycles. The summed E-state index contributed by atoms with van der Waals surface area (Å²) in [6.45, 7) is 6.43. The number of ether oxygens (including phenoxy) is 6. The van der Waals surface area contributed by atoms with Gasteiger partial charge in [-0.05, 0) is 77.0 Å². The highest BCUT2D eigenvalue weighted by atomic mass is 16.6. The first kappa shape index (κ1) is 52.8. The summed E-state index contributed by atoms with van der Waals surface area (Å²) in [5, 5.41) is 0. The molecule has 0 fully saturated rings. The Morgan fingerprint density at radius 3 is 0.643 bits per heavy atom. The molecule has 0 atom stereocenters. The predicted molar refractivity (Wildman–Crippen MR) is 216 cm³/mol. The zero-order valence-corrected chi connectivity index (χ0v) is 35.4. The highest BCUT2D eigenvalue weighted by Crippen LogP contribution is 2.10. The minimum absolute atomic E-state index is 0.0137. The third kappa shape index (κ3) is 40.5. The molecule has 0 spiro atoms. The molecule has 0 rings (SSSR count). The van der Waals surface area contributed by atoms with Crippen molar-refractivity contribution in [3.05, 3.63) is 0 Å². The molecule has 0 aliphatic rings. The van der Waals surface area contributed by atoms with Gasteiger partial charge in [-0.3, -0.25) is 28.8 Å². The Morgan fingerprint density at radius 2 is 0.411 bits per heavy atom. The molecule has 0 amide bonds. The van der Waals surface area contributed by atoms with Crippen LogP contribution in [0.15, 0.2) is 0 Å². The Kier molecular flexibility index (Phi) is 39.1. The monoisotopic (exact) mass is 799 g/mol. The normalized spacial score (nSPS) is 10.8. The van der Waals surface area contributed by atoms with Gasteiger partial charge in [0.2, 0.25) is 0 Å². The lowest BCUT2D eigenvalue weighted by Crippen LogP contribution is -2.11. The average Bonchev–Trinajstić information content (AvgIpc) is 3.18.